The van der Waals surface area contributed by atoms with Crippen LogP contribution in [0.15, 0.2) is 69.4 Å². The van der Waals surface area contributed by atoms with Gasteiger partial charge in [-0.3, -0.25) is 19.3 Å². The number of hydrogen-bond donors (Lipinski definition) is 4. The fraction of sp³-hybridized carbons (Fsp3) is 0.290. The minimum atomic E-state index is -1.77. The van der Waals surface area contributed by atoms with E-state index in [4.69, 9.17) is 10.6 Å². The number of phenols is 2. The summed E-state index contributed by atoms with van der Waals surface area (Å²) in [4.78, 5) is 74.1. The third kappa shape index (κ3) is 7.71. The van der Waals surface area contributed by atoms with Gasteiger partial charge in [0.05, 0.1) is 23.0 Å². The number of Topliss-reactive ketones (excluding diaryl/α,β-unsaturated/α-hetero) is 2. The first kappa shape index (κ1) is 35.4. The molecule has 15 nitrogen and oxygen atoms in total. The van der Waals surface area contributed by atoms with Gasteiger partial charge in [0.2, 0.25) is 23.8 Å². The molecule has 5 N–H and O–H groups in total. The number of thioether (sulfide) groups is 2. The van der Waals surface area contributed by atoms with Gasteiger partial charge in [-0.2, -0.15) is 4.57 Å². The maximum Gasteiger partial charge on any atom is 0.350 e. The van der Waals surface area contributed by atoms with Crippen LogP contribution in [-0.2, 0) is 30.6 Å². The van der Waals surface area contributed by atoms with Gasteiger partial charge in [-0.05, 0) is 37.6 Å². The monoisotopic (exact) mass is 727 g/mol. The number of carboxylic acid groups (broad SMARTS) is 2. The van der Waals surface area contributed by atoms with Crippen LogP contribution in [-0.4, -0.2) is 82.8 Å². The number of amides is 1. The van der Waals surface area contributed by atoms with E-state index in [9.17, 15) is 44.4 Å². The summed E-state index contributed by atoms with van der Waals surface area (Å²) in [5.41, 5.74) is 4.14. The standard InChI is InChI=1S/C31H29N5O10S3/c1-31(2,29(44)45)46-34-24(19-14-49-30(32)33-19)22(39)10-18-26(41)36-25(28(42)43)16(13-48-27(18)36)12-47-17-5-7-35(8-6-17)11-23(40)15-3-4-20(37)21(38)9-15/h3-9,14,18,27H,10-13H2,1-2H3,(H5-,32,33,34,37,38,39,40,42,43,44,45)/t18-,27-/m1/s1. The predicted molar refractivity (Wildman–Crippen MR) is 176 cm³/mol. The van der Waals surface area contributed by atoms with E-state index >= 15 is 0 Å². The lowest BCUT2D eigenvalue weighted by Crippen LogP contribution is -2.63. The van der Waals surface area contributed by atoms with Gasteiger partial charge < -0.3 is 35.8 Å². The Kier molecular flexibility index (Phi) is 10.3. The van der Waals surface area contributed by atoms with E-state index in [1.165, 1.54) is 61.0 Å². The van der Waals surface area contributed by atoms with Crippen LogP contribution in [0.3, 0.4) is 0 Å². The van der Waals surface area contributed by atoms with Crippen molar-refractivity contribution in [2.75, 3.05) is 17.2 Å². The maximum absolute atomic E-state index is 13.4. The molecule has 2 atom stereocenters. The molecular weight excluding hydrogens is 699 g/mol. The Morgan fingerprint density at radius 1 is 1.18 bits per heavy atom. The largest absolute Gasteiger partial charge is 0.543 e. The van der Waals surface area contributed by atoms with Crippen LogP contribution < -0.4 is 15.4 Å². The molecule has 1 aromatic carbocycles. The molecule has 18 heteroatoms. The Bertz CT molecular complexity index is 1910. The van der Waals surface area contributed by atoms with Crippen molar-refractivity contribution >= 4 is 75.1 Å². The Morgan fingerprint density at radius 3 is 2.51 bits per heavy atom. The number of aromatic hydroxyl groups is 2. The maximum atomic E-state index is 13.4. The first-order valence-corrected chi connectivity index (χ1v) is 17.4. The van der Waals surface area contributed by atoms with Gasteiger partial charge in [-0.1, -0.05) is 5.16 Å². The number of aliphatic carboxylic acids is 2. The molecule has 2 aliphatic rings. The van der Waals surface area contributed by atoms with E-state index in [2.05, 4.69) is 10.1 Å². The molecular formula is C31H29N5O10S3. The SMILES string of the molecule is CC(C)(O/N=C(\C(=O)C[C@@H]1C(=O)N2C(C(=O)[O-])=C(CSc3cc[n+](CC(=O)c4ccc(O)c(O)c4)cc3)CS[C@H]12)c1csc(N)n1)C(=O)O. The first-order valence-electron chi connectivity index (χ1n) is 14.5. The molecule has 0 unspecified atom stereocenters. The number of pyridine rings is 1. The Balaban J connectivity index is 1.24. The zero-order valence-corrected chi connectivity index (χ0v) is 28.3. The Morgan fingerprint density at radius 2 is 1.90 bits per heavy atom. The highest BCUT2D eigenvalue weighted by molar-refractivity contribution is 8.01. The molecule has 0 spiro atoms. The summed E-state index contributed by atoms with van der Waals surface area (Å²) >= 11 is 3.66. The molecule has 0 aliphatic carbocycles. The molecule has 49 heavy (non-hydrogen) atoms. The summed E-state index contributed by atoms with van der Waals surface area (Å²) < 4.78 is 1.63. The number of aromatic nitrogens is 2. The number of nitrogens with two attached hydrogens (primary N) is 1. The molecule has 2 aliphatic heterocycles. The summed E-state index contributed by atoms with van der Waals surface area (Å²) in [5, 5.41) is 45.4. The second-order valence-corrected chi connectivity index (χ2v) is 14.5. The van der Waals surface area contributed by atoms with E-state index in [0.29, 0.717) is 5.57 Å². The number of anilines is 1. The average Bonchev–Trinajstić information content (AvgIpc) is 3.49. The number of carboxylic acids is 2. The van der Waals surface area contributed by atoms with E-state index in [1.54, 1.807) is 29.1 Å². The first-order chi connectivity index (χ1) is 23.2. The number of hydrogen-bond acceptors (Lipinski definition) is 15. The van der Waals surface area contributed by atoms with Crippen molar-refractivity contribution in [3.8, 4) is 11.5 Å². The number of thiazole rings is 1. The molecule has 5 rings (SSSR count). The molecule has 0 bridgehead atoms. The van der Waals surface area contributed by atoms with Crippen molar-refractivity contribution in [3.05, 3.63) is 70.6 Å². The number of nitrogens with zero attached hydrogens (tertiary/aromatic N) is 4. The molecule has 0 saturated carbocycles. The molecule has 2 aromatic heterocycles. The number of phenolic OH excluding ortho intramolecular Hbond substituents is 2. The topological polar surface area (TPSA) is 237 Å². The normalized spacial score (nSPS) is 17.7. The zero-order chi connectivity index (χ0) is 35.6. The quantitative estimate of drug-likeness (QED) is 0.0347. The lowest BCUT2D eigenvalue weighted by molar-refractivity contribution is -0.683. The van der Waals surface area contributed by atoms with Gasteiger partial charge in [0, 0.05) is 45.9 Å². The molecule has 1 saturated heterocycles. The highest BCUT2D eigenvalue weighted by Crippen LogP contribution is 2.46. The molecule has 1 amide bonds. The smallest absolute Gasteiger partial charge is 0.350 e. The van der Waals surface area contributed by atoms with Gasteiger partial charge in [0.25, 0.3) is 0 Å². The average molecular weight is 728 g/mol. The van der Waals surface area contributed by atoms with E-state index in [1.807, 2.05) is 0 Å². The Labute approximate surface area is 291 Å². The number of carbonyl (C=O) groups excluding carboxylic acids is 4. The number of fused-ring (bicyclic) bond motifs is 1. The highest BCUT2D eigenvalue weighted by Gasteiger charge is 2.53. The number of ketones is 2. The highest BCUT2D eigenvalue weighted by atomic mass is 32.2. The van der Waals surface area contributed by atoms with Gasteiger partial charge in [-0.25, -0.2) is 9.78 Å². The lowest BCUT2D eigenvalue weighted by Gasteiger charge is -2.51. The van der Waals surface area contributed by atoms with Crippen molar-refractivity contribution in [2.24, 2.45) is 11.1 Å². The summed E-state index contributed by atoms with van der Waals surface area (Å²) in [5.74, 6) is -5.48. The summed E-state index contributed by atoms with van der Waals surface area (Å²) in [6.45, 7) is 2.47. The number of oxime groups is 1. The third-order valence-electron chi connectivity index (χ3n) is 7.56. The zero-order valence-electron chi connectivity index (χ0n) is 25.9. The van der Waals surface area contributed by atoms with Gasteiger partial charge in [-0.15, -0.1) is 34.9 Å². The van der Waals surface area contributed by atoms with Crippen molar-refractivity contribution in [1.82, 2.24) is 9.88 Å². The van der Waals surface area contributed by atoms with E-state index in [-0.39, 0.29) is 63.8 Å². The summed E-state index contributed by atoms with van der Waals surface area (Å²) in [6.07, 6.45) is 2.99. The second kappa shape index (κ2) is 14.3. The number of benzene rings is 1. The lowest BCUT2D eigenvalue weighted by atomic mass is 9.89. The third-order valence-corrected chi connectivity index (χ3v) is 10.7. The summed E-state index contributed by atoms with van der Waals surface area (Å²) in [6, 6.07) is 7.32. The van der Waals surface area contributed by atoms with Crippen LogP contribution in [0.4, 0.5) is 5.13 Å². The molecule has 1 fully saturated rings. The minimum absolute atomic E-state index is 0.0214. The fourth-order valence-corrected chi connectivity index (χ4v) is 7.80. The number of β-lactam (4-membered cyclic amide) rings is 1. The van der Waals surface area contributed by atoms with Crippen LogP contribution in [0, 0.1) is 5.92 Å². The van der Waals surface area contributed by atoms with E-state index < -0.39 is 46.3 Å². The van der Waals surface area contributed by atoms with E-state index in [0.717, 1.165) is 21.1 Å². The minimum Gasteiger partial charge on any atom is -0.543 e. The van der Waals surface area contributed by atoms with Gasteiger partial charge >= 0.3 is 5.97 Å². The molecule has 0 radical (unpaired) electrons. The summed E-state index contributed by atoms with van der Waals surface area (Å²) in [7, 11) is 0. The van der Waals surface area contributed by atoms with Crippen molar-refractivity contribution in [3.63, 3.8) is 0 Å². The van der Waals surface area contributed by atoms with Crippen molar-refractivity contribution < 1.29 is 53.8 Å². The van der Waals surface area contributed by atoms with Crippen LogP contribution in [0.25, 0.3) is 0 Å². The van der Waals surface area contributed by atoms with Crippen molar-refractivity contribution in [2.45, 2.75) is 42.7 Å². The van der Waals surface area contributed by atoms with Crippen LogP contribution in [0.1, 0.15) is 36.3 Å². The predicted octanol–water partition coefficient (Wildman–Crippen LogP) is 1.18. The number of carbonyl (C=O) groups is 5. The van der Waals surface area contributed by atoms with Gasteiger partial charge in [0.15, 0.2) is 40.5 Å². The Hall–Kier alpha value is -4.94. The number of nitrogen functional groups attached to an aromatic ring is 1. The van der Waals surface area contributed by atoms with Crippen molar-refractivity contribution in [1.29, 1.82) is 0 Å². The van der Waals surface area contributed by atoms with Crippen LogP contribution in [0.5, 0.6) is 11.5 Å². The number of rotatable bonds is 14. The van der Waals surface area contributed by atoms with Crippen LogP contribution in [0.2, 0.25) is 0 Å². The van der Waals surface area contributed by atoms with Gasteiger partial charge in [0.1, 0.15) is 5.69 Å². The second-order valence-electron chi connectivity index (χ2n) is 11.4. The van der Waals surface area contributed by atoms with Crippen LogP contribution >= 0.6 is 34.9 Å². The fourth-order valence-electron chi connectivity index (χ4n) is 4.82. The molecule has 4 heterocycles. The molecule has 3 aromatic rings. The molecule has 256 valence electrons.